The largest absolute Gasteiger partial charge is 0.508 e. The molecule has 2 heterocycles. The SMILES string of the molecule is Cc1nc2ccc3cc(O)ccc3n2c1CN. The number of nitrogens with two attached hydrogens (primary N) is 1. The van der Waals surface area contributed by atoms with Gasteiger partial charge in [0.25, 0.3) is 0 Å². The summed E-state index contributed by atoms with van der Waals surface area (Å²) in [5.74, 6) is 0.267. The van der Waals surface area contributed by atoms with Crippen LogP contribution in [0.15, 0.2) is 30.3 Å². The molecule has 0 bridgehead atoms. The summed E-state index contributed by atoms with van der Waals surface area (Å²) in [6, 6.07) is 9.20. The molecule has 17 heavy (non-hydrogen) atoms. The molecule has 4 heteroatoms. The van der Waals surface area contributed by atoms with Crippen LogP contribution in [0.2, 0.25) is 0 Å². The standard InChI is InChI=1S/C13H13N3O/c1-8-12(7-14)16-11-4-3-10(17)6-9(11)2-5-13(16)15-8/h2-6,17H,7,14H2,1H3. The van der Waals surface area contributed by atoms with E-state index >= 15 is 0 Å². The molecule has 4 nitrogen and oxygen atoms in total. The number of aryl methyl sites for hydroxylation is 1. The van der Waals surface area contributed by atoms with Crippen molar-refractivity contribution in [2.45, 2.75) is 13.5 Å². The maximum atomic E-state index is 9.48. The molecule has 0 aliphatic carbocycles. The molecule has 3 rings (SSSR count). The second-order valence-electron chi connectivity index (χ2n) is 4.12. The molecule has 2 aromatic heterocycles. The summed E-state index contributed by atoms with van der Waals surface area (Å²) >= 11 is 0. The number of hydrogen-bond donors (Lipinski definition) is 2. The van der Waals surface area contributed by atoms with Crippen molar-refractivity contribution in [2.75, 3.05) is 0 Å². The van der Waals surface area contributed by atoms with Gasteiger partial charge in [0.15, 0.2) is 0 Å². The molecule has 0 fully saturated rings. The van der Waals surface area contributed by atoms with Gasteiger partial charge in [-0.2, -0.15) is 0 Å². The monoisotopic (exact) mass is 227 g/mol. The number of rotatable bonds is 1. The molecule has 0 amide bonds. The number of aromatic nitrogens is 2. The fourth-order valence-electron chi connectivity index (χ4n) is 2.25. The van der Waals surface area contributed by atoms with Crippen molar-refractivity contribution in [3.8, 4) is 5.75 Å². The molecule has 0 saturated carbocycles. The van der Waals surface area contributed by atoms with Crippen molar-refractivity contribution in [3.05, 3.63) is 41.7 Å². The van der Waals surface area contributed by atoms with Gasteiger partial charge in [0.05, 0.1) is 16.9 Å². The van der Waals surface area contributed by atoms with Gasteiger partial charge in [-0.25, -0.2) is 4.98 Å². The predicted octanol–water partition coefficient (Wildman–Crippen LogP) is 1.96. The third-order valence-electron chi connectivity index (χ3n) is 3.06. The number of phenolic OH excluding ortho intramolecular Hbond substituents is 1. The van der Waals surface area contributed by atoms with Crippen molar-refractivity contribution < 1.29 is 5.11 Å². The number of phenols is 1. The zero-order chi connectivity index (χ0) is 12.0. The normalized spacial score (nSPS) is 11.4. The Morgan fingerprint density at radius 3 is 2.88 bits per heavy atom. The molecule has 0 radical (unpaired) electrons. The number of nitrogens with zero attached hydrogens (tertiary/aromatic N) is 2. The van der Waals surface area contributed by atoms with Crippen LogP contribution in [0.25, 0.3) is 16.6 Å². The molecule has 3 N–H and O–H groups in total. The zero-order valence-corrected chi connectivity index (χ0v) is 9.51. The predicted molar refractivity (Wildman–Crippen MR) is 67.0 cm³/mol. The lowest BCUT2D eigenvalue weighted by Crippen LogP contribution is -2.03. The average Bonchev–Trinajstić information content (AvgIpc) is 2.64. The van der Waals surface area contributed by atoms with Crippen LogP contribution in [0.3, 0.4) is 0 Å². The first-order valence-corrected chi connectivity index (χ1v) is 5.50. The van der Waals surface area contributed by atoms with Crippen molar-refractivity contribution in [1.82, 2.24) is 9.38 Å². The first-order chi connectivity index (χ1) is 8.20. The van der Waals surface area contributed by atoms with Crippen molar-refractivity contribution >= 4 is 16.6 Å². The topological polar surface area (TPSA) is 63.5 Å². The fraction of sp³-hybridized carbons (Fsp3) is 0.154. The fourth-order valence-corrected chi connectivity index (χ4v) is 2.25. The summed E-state index contributed by atoms with van der Waals surface area (Å²) in [6.07, 6.45) is 0. The minimum Gasteiger partial charge on any atom is -0.508 e. The van der Waals surface area contributed by atoms with Gasteiger partial charge in [0.1, 0.15) is 11.4 Å². The van der Waals surface area contributed by atoms with E-state index < -0.39 is 0 Å². The molecule has 1 aromatic carbocycles. The van der Waals surface area contributed by atoms with Crippen LogP contribution in [0.1, 0.15) is 11.4 Å². The highest BCUT2D eigenvalue weighted by molar-refractivity contribution is 5.83. The second kappa shape index (κ2) is 3.46. The lowest BCUT2D eigenvalue weighted by Gasteiger charge is -2.05. The number of hydrogen-bond acceptors (Lipinski definition) is 3. The Labute approximate surface area is 98.3 Å². The Kier molecular flexibility index (Phi) is 2.06. The van der Waals surface area contributed by atoms with Gasteiger partial charge < -0.3 is 10.8 Å². The van der Waals surface area contributed by atoms with E-state index in [-0.39, 0.29) is 5.75 Å². The molecule has 86 valence electrons. The van der Waals surface area contributed by atoms with Gasteiger partial charge in [-0.05, 0) is 37.3 Å². The van der Waals surface area contributed by atoms with E-state index in [1.54, 1.807) is 12.1 Å². The number of aromatic hydroxyl groups is 1. The molecule has 0 atom stereocenters. The summed E-state index contributed by atoms with van der Waals surface area (Å²) in [5, 5.41) is 10.5. The Morgan fingerprint density at radius 2 is 2.12 bits per heavy atom. The number of pyridine rings is 1. The van der Waals surface area contributed by atoms with Crippen LogP contribution in [0, 0.1) is 6.92 Å². The molecular formula is C13H13N3O. The van der Waals surface area contributed by atoms with E-state index in [1.807, 2.05) is 29.5 Å². The average molecular weight is 227 g/mol. The molecule has 0 spiro atoms. The van der Waals surface area contributed by atoms with Crippen molar-refractivity contribution in [2.24, 2.45) is 5.73 Å². The molecular weight excluding hydrogens is 214 g/mol. The smallest absolute Gasteiger partial charge is 0.137 e. The third kappa shape index (κ3) is 1.38. The minimum absolute atomic E-state index is 0.267. The van der Waals surface area contributed by atoms with Crippen LogP contribution in [-0.2, 0) is 6.54 Å². The van der Waals surface area contributed by atoms with Gasteiger partial charge >= 0.3 is 0 Å². The van der Waals surface area contributed by atoms with E-state index in [9.17, 15) is 5.11 Å². The molecule has 3 aromatic rings. The Bertz CT molecular complexity index is 715. The van der Waals surface area contributed by atoms with Crippen LogP contribution in [0.5, 0.6) is 5.75 Å². The second-order valence-corrected chi connectivity index (χ2v) is 4.12. The van der Waals surface area contributed by atoms with E-state index in [0.717, 1.165) is 27.9 Å². The van der Waals surface area contributed by atoms with Crippen LogP contribution in [-0.4, -0.2) is 14.5 Å². The summed E-state index contributed by atoms with van der Waals surface area (Å²) in [7, 11) is 0. The van der Waals surface area contributed by atoms with Crippen molar-refractivity contribution in [3.63, 3.8) is 0 Å². The lowest BCUT2D eigenvalue weighted by atomic mass is 10.2. The first kappa shape index (κ1) is 10.1. The summed E-state index contributed by atoms with van der Waals surface area (Å²) in [4.78, 5) is 4.48. The van der Waals surface area contributed by atoms with Gasteiger partial charge in [-0.15, -0.1) is 0 Å². The van der Waals surface area contributed by atoms with E-state index in [1.165, 1.54) is 0 Å². The molecule has 0 unspecified atom stereocenters. The van der Waals surface area contributed by atoms with Gasteiger partial charge in [0.2, 0.25) is 0 Å². The Hall–Kier alpha value is -2.07. The van der Waals surface area contributed by atoms with Crippen LogP contribution < -0.4 is 5.73 Å². The van der Waals surface area contributed by atoms with E-state index in [2.05, 4.69) is 4.98 Å². The Morgan fingerprint density at radius 1 is 1.29 bits per heavy atom. The summed E-state index contributed by atoms with van der Waals surface area (Å²) in [6.45, 7) is 2.41. The quantitative estimate of drug-likeness (QED) is 0.668. The minimum atomic E-state index is 0.267. The highest BCUT2D eigenvalue weighted by atomic mass is 16.3. The maximum Gasteiger partial charge on any atom is 0.137 e. The van der Waals surface area contributed by atoms with E-state index in [4.69, 9.17) is 5.73 Å². The highest BCUT2D eigenvalue weighted by Gasteiger charge is 2.09. The first-order valence-electron chi connectivity index (χ1n) is 5.50. The third-order valence-corrected chi connectivity index (χ3v) is 3.06. The number of benzene rings is 1. The van der Waals surface area contributed by atoms with Crippen LogP contribution >= 0.6 is 0 Å². The van der Waals surface area contributed by atoms with Crippen LogP contribution in [0.4, 0.5) is 0 Å². The number of imidazole rings is 1. The Balaban J connectivity index is 2.53. The van der Waals surface area contributed by atoms with Gasteiger partial charge in [0, 0.05) is 11.9 Å². The molecule has 0 saturated heterocycles. The number of fused-ring (bicyclic) bond motifs is 3. The maximum absolute atomic E-state index is 9.48. The van der Waals surface area contributed by atoms with Gasteiger partial charge in [-0.1, -0.05) is 0 Å². The van der Waals surface area contributed by atoms with E-state index in [0.29, 0.717) is 6.54 Å². The highest BCUT2D eigenvalue weighted by Crippen LogP contribution is 2.23. The summed E-state index contributed by atoms with van der Waals surface area (Å²) in [5.41, 5.74) is 9.64. The van der Waals surface area contributed by atoms with Crippen molar-refractivity contribution in [1.29, 1.82) is 0 Å². The summed E-state index contributed by atoms with van der Waals surface area (Å²) < 4.78 is 2.05. The lowest BCUT2D eigenvalue weighted by molar-refractivity contribution is 0.476. The molecule has 0 aliphatic rings. The molecule has 0 aliphatic heterocycles. The zero-order valence-electron chi connectivity index (χ0n) is 9.51. The van der Waals surface area contributed by atoms with Gasteiger partial charge in [-0.3, -0.25) is 4.40 Å².